The van der Waals surface area contributed by atoms with E-state index in [9.17, 15) is 14.4 Å². The van der Waals surface area contributed by atoms with Gasteiger partial charge in [-0.3, -0.25) is 9.78 Å². The summed E-state index contributed by atoms with van der Waals surface area (Å²) in [5.41, 5.74) is -0.753. The van der Waals surface area contributed by atoms with Crippen molar-refractivity contribution in [2.45, 2.75) is 20.3 Å². The molecule has 0 aliphatic rings. The van der Waals surface area contributed by atoms with Crippen molar-refractivity contribution in [3.8, 4) is 11.8 Å². The van der Waals surface area contributed by atoms with Crippen molar-refractivity contribution < 1.29 is 29.0 Å². The minimum absolute atomic E-state index is 0.167. The fourth-order valence-corrected chi connectivity index (χ4v) is 2.89. The maximum Gasteiger partial charge on any atom is 0.159 e. The second-order valence-electron chi connectivity index (χ2n) is 6.86. The molecule has 0 amide bonds. The van der Waals surface area contributed by atoms with E-state index in [2.05, 4.69) is 10.3 Å². The highest BCUT2D eigenvalue weighted by molar-refractivity contribution is 5.98. The van der Waals surface area contributed by atoms with Gasteiger partial charge in [0.05, 0.1) is 31.6 Å². The SMILES string of the molecule is [2H]/C(=C\C(=O)Cc1c(OC([2H])([2H])C)c([2H])c2nc([2H])c(C#N)c(Nc3ccc(F)c(C)c3)c2c1[2H])C([2H])([2H])N(C)C([2H])([2H])[2H]. The highest BCUT2D eigenvalue weighted by Gasteiger charge is 2.16. The number of nitrogens with zero attached hydrogens (tertiary/aromatic N) is 3. The summed E-state index contributed by atoms with van der Waals surface area (Å²) in [6.07, 6.45) is -0.903. The number of hydrogen-bond acceptors (Lipinski definition) is 6. The molecule has 2 aromatic carbocycles. The van der Waals surface area contributed by atoms with Gasteiger partial charge >= 0.3 is 0 Å². The Kier molecular flexibility index (Phi) is 4.24. The molecule has 0 aliphatic heterocycles. The molecule has 33 heavy (non-hydrogen) atoms. The van der Waals surface area contributed by atoms with Crippen LogP contribution in [-0.2, 0) is 11.2 Å². The maximum absolute atomic E-state index is 13.9. The van der Waals surface area contributed by atoms with Crippen LogP contribution in [0.1, 0.15) is 38.7 Å². The Labute approximate surface area is 208 Å². The van der Waals surface area contributed by atoms with Gasteiger partial charge in [0.2, 0.25) is 0 Å². The molecule has 0 unspecified atom stereocenters. The van der Waals surface area contributed by atoms with Gasteiger partial charge in [0.15, 0.2) is 5.78 Å². The number of likely N-dealkylation sites (N-methyl/N-ethyl adjacent to an activating group) is 1. The van der Waals surface area contributed by atoms with Crippen LogP contribution in [-0.4, -0.2) is 42.7 Å². The van der Waals surface area contributed by atoms with E-state index in [0.717, 1.165) is 20.0 Å². The summed E-state index contributed by atoms with van der Waals surface area (Å²) in [5, 5.41) is 12.5. The number of nitriles is 1. The van der Waals surface area contributed by atoms with Crippen LogP contribution in [0.25, 0.3) is 10.9 Å². The Bertz CT molecular complexity index is 1710. The third kappa shape index (κ3) is 5.93. The molecule has 7 heteroatoms. The van der Waals surface area contributed by atoms with E-state index >= 15 is 0 Å². The Morgan fingerprint density at radius 3 is 3.03 bits per heavy atom. The average molecular weight is 458 g/mol. The van der Waals surface area contributed by atoms with Gasteiger partial charge in [-0.1, -0.05) is 6.05 Å². The normalized spacial score (nSPS) is 17.6. The van der Waals surface area contributed by atoms with E-state index in [0.29, 0.717) is 6.08 Å². The van der Waals surface area contributed by atoms with Crippen LogP contribution in [0.3, 0.4) is 0 Å². The van der Waals surface area contributed by atoms with Crippen molar-refractivity contribution in [2.75, 3.05) is 32.4 Å². The van der Waals surface area contributed by atoms with Crippen molar-refractivity contribution >= 4 is 28.1 Å². The van der Waals surface area contributed by atoms with E-state index in [4.69, 9.17) is 19.8 Å². The number of aromatic nitrogens is 1. The summed E-state index contributed by atoms with van der Waals surface area (Å²) in [6, 6.07) is 3.49. The smallest absolute Gasteiger partial charge is 0.159 e. The summed E-state index contributed by atoms with van der Waals surface area (Å²) < 4.78 is 107. The number of benzene rings is 2. The number of carbonyl (C=O) groups is 1. The summed E-state index contributed by atoms with van der Waals surface area (Å²) >= 11 is 0. The predicted octanol–water partition coefficient (Wildman–Crippen LogP) is 4.93. The molecule has 0 spiro atoms. The second kappa shape index (κ2) is 10.7. The Hall–Kier alpha value is -3.76. The Morgan fingerprint density at radius 2 is 2.33 bits per heavy atom. The van der Waals surface area contributed by atoms with Crippen LogP contribution in [0.15, 0.2) is 48.6 Å². The van der Waals surface area contributed by atoms with Crippen LogP contribution < -0.4 is 10.1 Å². The zero-order valence-electron chi connectivity index (χ0n) is 29.1. The number of fused-ring (bicyclic) bond motifs is 1. The topological polar surface area (TPSA) is 78.2 Å². The first-order chi connectivity index (χ1) is 20.1. The first kappa shape index (κ1) is 13.1. The van der Waals surface area contributed by atoms with Crippen LogP contribution in [0.5, 0.6) is 5.75 Å². The number of pyridine rings is 1. The van der Waals surface area contributed by atoms with Crippen molar-refractivity contribution in [1.29, 1.82) is 5.26 Å². The summed E-state index contributed by atoms with van der Waals surface area (Å²) in [6.45, 7) is -5.80. The van der Waals surface area contributed by atoms with E-state index in [1.807, 2.05) is 6.07 Å². The lowest BCUT2D eigenvalue weighted by Gasteiger charge is -2.15. The van der Waals surface area contributed by atoms with Crippen LogP contribution in [0, 0.1) is 24.1 Å². The van der Waals surface area contributed by atoms with Crippen molar-refractivity contribution in [2.24, 2.45) is 0 Å². The molecule has 1 aromatic heterocycles. The molecule has 1 N–H and O–H groups in total. The fourth-order valence-electron chi connectivity index (χ4n) is 2.89. The minimum Gasteiger partial charge on any atom is -0.494 e. The third-order valence-corrected chi connectivity index (χ3v) is 4.36. The molecule has 0 bridgehead atoms. The molecule has 1 heterocycles. The molecule has 0 saturated heterocycles. The van der Waals surface area contributed by atoms with Gasteiger partial charge in [0.1, 0.15) is 17.6 Å². The molecule has 0 fully saturated rings. The molecule has 3 rings (SSSR count). The van der Waals surface area contributed by atoms with Gasteiger partial charge in [0, 0.05) is 48.6 Å². The maximum atomic E-state index is 13.9. The molecular weight excluding hydrogens is 419 g/mol. The van der Waals surface area contributed by atoms with Crippen LogP contribution in [0.2, 0.25) is 0 Å². The quantitative estimate of drug-likeness (QED) is 0.459. The van der Waals surface area contributed by atoms with E-state index < -0.39 is 68.1 Å². The lowest BCUT2D eigenvalue weighted by Crippen LogP contribution is -2.11. The van der Waals surface area contributed by atoms with Crippen LogP contribution in [0.4, 0.5) is 15.8 Å². The first-order valence-corrected chi connectivity index (χ1v) is 9.64. The number of allylic oxidation sites excluding steroid dienone is 1. The summed E-state index contributed by atoms with van der Waals surface area (Å²) in [7, 11) is 0.907. The van der Waals surface area contributed by atoms with Gasteiger partial charge in [-0.15, -0.1) is 0 Å². The van der Waals surface area contributed by atoms with Crippen molar-refractivity contribution in [3.63, 3.8) is 0 Å². The number of ketones is 1. The second-order valence-corrected chi connectivity index (χ2v) is 6.86. The molecule has 0 aliphatic carbocycles. The minimum atomic E-state index is -2.94. The monoisotopic (exact) mass is 457 g/mol. The van der Waals surface area contributed by atoms with E-state index in [1.165, 1.54) is 19.1 Å². The number of anilines is 2. The number of ether oxygens (including phenoxy) is 1. The largest absolute Gasteiger partial charge is 0.494 e. The number of halogens is 1. The van der Waals surface area contributed by atoms with Gasteiger partial charge in [-0.05, 0) is 63.8 Å². The van der Waals surface area contributed by atoms with Crippen molar-refractivity contribution in [1.82, 2.24) is 9.88 Å². The Balaban J connectivity index is 2.31. The van der Waals surface area contributed by atoms with Gasteiger partial charge in [0.25, 0.3) is 0 Å². The number of hydrogen-bond donors (Lipinski definition) is 1. The molecule has 0 radical (unpaired) electrons. The highest BCUT2D eigenvalue weighted by atomic mass is 19.1. The zero-order valence-corrected chi connectivity index (χ0v) is 18.1. The number of nitrogens with one attached hydrogen (secondary N) is 1. The zero-order chi connectivity index (χ0) is 33.5. The summed E-state index contributed by atoms with van der Waals surface area (Å²) in [5.74, 6) is -2.12. The van der Waals surface area contributed by atoms with E-state index in [1.54, 1.807) is 0 Å². The van der Waals surface area contributed by atoms with Crippen molar-refractivity contribution in [3.05, 3.63) is 71.1 Å². The molecule has 0 atom stereocenters. The Morgan fingerprint density at radius 1 is 1.52 bits per heavy atom. The van der Waals surface area contributed by atoms with Crippen LogP contribution >= 0.6 is 0 Å². The third-order valence-electron chi connectivity index (χ3n) is 4.36. The molecule has 0 saturated carbocycles. The number of carbonyl (C=O) groups excluding carboxylic acids is 1. The van der Waals surface area contributed by atoms with E-state index in [-0.39, 0.29) is 43.9 Å². The predicted molar refractivity (Wildman–Crippen MR) is 128 cm³/mol. The molecular formula is C26H27FN4O2. The lowest BCUT2D eigenvalue weighted by atomic mass is 10.0. The summed E-state index contributed by atoms with van der Waals surface area (Å²) in [4.78, 5) is 17.4. The van der Waals surface area contributed by atoms with Gasteiger partial charge in [-0.25, -0.2) is 4.39 Å². The standard InChI is InChI=1S/C26H27FN4O2/c1-5-33-25-14-24-22(13-18(25)12-21(32)7-6-10-31(3)4)26(19(15-28)16-29-24)30-20-8-9-23(27)17(2)11-20/h6-9,11,13-14,16H,5,10,12H2,1-4H3,(H,29,30)/b7-6+/i3D3,5D2,6D,10D2,13D,14D,16D. The van der Waals surface area contributed by atoms with Gasteiger partial charge < -0.3 is 15.0 Å². The first-order valence-electron chi connectivity index (χ1n) is 15.1. The highest BCUT2D eigenvalue weighted by Crippen LogP contribution is 2.34. The number of rotatable bonds is 9. The molecule has 170 valence electrons. The fraction of sp³-hybridized carbons (Fsp3) is 0.269. The molecule has 6 nitrogen and oxygen atoms in total. The average Bonchev–Trinajstić information content (AvgIpc) is 2.89. The van der Waals surface area contributed by atoms with Gasteiger partial charge in [-0.2, -0.15) is 5.26 Å². The number of aryl methyl sites for hydroxylation is 1. The molecule has 3 aromatic rings. The lowest BCUT2D eigenvalue weighted by molar-refractivity contribution is -0.114.